The Hall–Kier alpha value is -0.610. The molecule has 4 heteroatoms. The first kappa shape index (κ1) is 12.5. The summed E-state index contributed by atoms with van der Waals surface area (Å²) in [6, 6.07) is 0.597. The minimum atomic E-state index is -0.145. The summed E-state index contributed by atoms with van der Waals surface area (Å²) in [5.41, 5.74) is 0. The van der Waals surface area contributed by atoms with Gasteiger partial charge in [-0.25, -0.2) is 0 Å². The maximum atomic E-state index is 11.2. The number of hydrogen-bond acceptors (Lipinski definition) is 4. The van der Waals surface area contributed by atoms with Gasteiger partial charge in [0.05, 0.1) is 26.2 Å². The van der Waals surface area contributed by atoms with E-state index < -0.39 is 0 Å². The fraction of sp³-hybridized carbons (Fsp3) is 0.909. The molecule has 1 fully saturated rings. The smallest absolute Gasteiger partial charge is 0.307 e. The Balaban J connectivity index is 2.49. The van der Waals surface area contributed by atoms with Crippen molar-refractivity contribution in [2.75, 3.05) is 20.3 Å². The number of ether oxygens (including phenoxy) is 2. The van der Waals surface area contributed by atoms with Gasteiger partial charge in [-0.2, -0.15) is 0 Å². The summed E-state index contributed by atoms with van der Waals surface area (Å²) in [4.78, 5) is 13.5. The van der Waals surface area contributed by atoms with E-state index in [2.05, 4.69) is 30.4 Å². The van der Waals surface area contributed by atoms with Crippen LogP contribution in [0.3, 0.4) is 0 Å². The Morgan fingerprint density at radius 3 is 2.87 bits per heavy atom. The van der Waals surface area contributed by atoms with Crippen LogP contribution in [-0.4, -0.2) is 49.3 Å². The number of rotatable bonds is 3. The third kappa shape index (κ3) is 3.47. The van der Waals surface area contributed by atoms with Crippen molar-refractivity contribution in [2.24, 2.45) is 0 Å². The Morgan fingerprint density at radius 2 is 2.27 bits per heavy atom. The minimum Gasteiger partial charge on any atom is -0.469 e. The topological polar surface area (TPSA) is 38.8 Å². The lowest BCUT2D eigenvalue weighted by atomic mass is 10.1. The van der Waals surface area contributed by atoms with Crippen LogP contribution in [0.15, 0.2) is 0 Å². The summed E-state index contributed by atoms with van der Waals surface area (Å²) in [7, 11) is 1.43. The quantitative estimate of drug-likeness (QED) is 0.660. The first-order chi connectivity index (χ1) is 7.04. The van der Waals surface area contributed by atoms with Crippen molar-refractivity contribution in [1.82, 2.24) is 4.90 Å². The zero-order valence-corrected chi connectivity index (χ0v) is 10.0. The largest absolute Gasteiger partial charge is 0.469 e. The van der Waals surface area contributed by atoms with Crippen molar-refractivity contribution in [3.63, 3.8) is 0 Å². The first-order valence-electron chi connectivity index (χ1n) is 5.48. The summed E-state index contributed by atoms with van der Waals surface area (Å²) in [6.07, 6.45) is 0.703. The Bertz CT molecular complexity index is 220. The zero-order valence-electron chi connectivity index (χ0n) is 10.0. The first-order valence-corrected chi connectivity index (χ1v) is 5.48. The highest BCUT2D eigenvalue weighted by molar-refractivity contribution is 5.69. The van der Waals surface area contributed by atoms with Crippen LogP contribution < -0.4 is 0 Å². The van der Waals surface area contributed by atoms with Gasteiger partial charge in [0, 0.05) is 18.6 Å². The van der Waals surface area contributed by atoms with E-state index in [1.54, 1.807) is 0 Å². The highest BCUT2D eigenvalue weighted by Crippen LogP contribution is 2.16. The second kappa shape index (κ2) is 5.47. The van der Waals surface area contributed by atoms with E-state index in [1.165, 1.54) is 7.11 Å². The van der Waals surface area contributed by atoms with Gasteiger partial charge in [0.15, 0.2) is 0 Å². The van der Waals surface area contributed by atoms with Gasteiger partial charge >= 0.3 is 5.97 Å². The lowest BCUT2D eigenvalue weighted by molar-refractivity contribution is -0.143. The van der Waals surface area contributed by atoms with E-state index in [-0.39, 0.29) is 18.1 Å². The molecule has 1 heterocycles. The van der Waals surface area contributed by atoms with E-state index in [9.17, 15) is 4.79 Å². The van der Waals surface area contributed by atoms with Gasteiger partial charge in [0.1, 0.15) is 0 Å². The van der Waals surface area contributed by atoms with E-state index in [1.807, 2.05) is 0 Å². The molecule has 1 aliphatic heterocycles. The molecule has 0 N–H and O–H groups in total. The van der Waals surface area contributed by atoms with Crippen molar-refractivity contribution in [3.8, 4) is 0 Å². The predicted molar refractivity (Wildman–Crippen MR) is 57.7 cm³/mol. The number of hydrogen-bond donors (Lipinski definition) is 0. The maximum Gasteiger partial charge on any atom is 0.307 e. The summed E-state index contributed by atoms with van der Waals surface area (Å²) in [5.74, 6) is -0.145. The van der Waals surface area contributed by atoms with Crippen molar-refractivity contribution in [1.29, 1.82) is 0 Å². The molecule has 0 aromatic carbocycles. The van der Waals surface area contributed by atoms with Gasteiger partial charge in [-0.15, -0.1) is 0 Å². The molecule has 0 bridgehead atoms. The highest BCUT2D eigenvalue weighted by atomic mass is 16.5. The number of carbonyl (C=O) groups excluding carboxylic acids is 1. The van der Waals surface area contributed by atoms with Crippen LogP contribution in [0.2, 0.25) is 0 Å². The Morgan fingerprint density at radius 1 is 1.60 bits per heavy atom. The molecule has 0 aliphatic carbocycles. The predicted octanol–water partition coefficient (Wildman–Crippen LogP) is 1.05. The van der Waals surface area contributed by atoms with Gasteiger partial charge in [-0.1, -0.05) is 0 Å². The molecule has 3 atom stereocenters. The van der Waals surface area contributed by atoms with Gasteiger partial charge in [-0.05, 0) is 20.8 Å². The molecule has 4 nitrogen and oxygen atoms in total. The molecule has 0 radical (unpaired) electrons. The fourth-order valence-electron chi connectivity index (χ4n) is 1.98. The Kier molecular flexibility index (Phi) is 4.54. The molecule has 0 aromatic heterocycles. The number of carbonyl (C=O) groups is 1. The van der Waals surface area contributed by atoms with Crippen LogP contribution in [0.4, 0.5) is 0 Å². The Labute approximate surface area is 91.5 Å². The number of methoxy groups -OCH3 is 1. The van der Waals surface area contributed by atoms with Crippen LogP contribution in [0, 0.1) is 0 Å². The minimum absolute atomic E-state index is 0.145. The van der Waals surface area contributed by atoms with Crippen molar-refractivity contribution >= 4 is 5.97 Å². The summed E-state index contributed by atoms with van der Waals surface area (Å²) in [6.45, 7) is 7.88. The molecule has 1 saturated heterocycles. The molecule has 0 aromatic rings. The van der Waals surface area contributed by atoms with Crippen LogP contribution >= 0.6 is 0 Å². The molecule has 1 rings (SSSR count). The van der Waals surface area contributed by atoms with E-state index in [0.29, 0.717) is 12.5 Å². The summed E-state index contributed by atoms with van der Waals surface area (Å²) < 4.78 is 10.2. The third-order valence-electron chi connectivity index (χ3n) is 2.91. The van der Waals surface area contributed by atoms with Crippen LogP contribution in [-0.2, 0) is 14.3 Å². The molecule has 88 valence electrons. The lowest BCUT2D eigenvalue weighted by Gasteiger charge is -2.40. The number of esters is 1. The van der Waals surface area contributed by atoms with Crippen molar-refractivity contribution < 1.29 is 14.3 Å². The molecular weight excluding hydrogens is 194 g/mol. The standard InChI is InChI=1S/C11H21NO3/c1-8(5-11(13)14-4)12-6-10(3)15-7-9(12)2/h8-10H,5-7H2,1-4H3. The van der Waals surface area contributed by atoms with E-state index >= 15 is 0 Å². The lowest BCUT2D eigenvalue weighted by Crippen LogP contribution is -2.51. The molecular formula is C11H21NO3. The average Bonchev–Trinajstić information content (AvgIpc) is 2.21. The van der Waals surface area contributed by atoms with Crippen molar-refractivity contribution in [3.05, 3.63) is 0 Å². The average molecular weight is 215 g/mol. The van der Waals surface area contributed by atoms with E-state index in [4.69, 9.17) is 4.74 Å². The summed E-state index contributed by atoms with van der Waals surface area (Å²) in [5, 5.41) is 0. The monoisotopic (exact) mass is 215 g/mol. The molecule has 1 aliphatic rings. The third-order valence-corrected chi connectivity index (χ3v) is 2.91. The fourth-order valence-corrected chi connectivity index (χ4v) is 1.98. The molecule has 15 heavy (non-hydrogen) atoms. The van der Waals surface area contributed by atoms with Crippen LogP contribution in [0.5, 0.6) is 0 Å². The van der Waals surface area contributed by atoms with Crippen molar-refractivity contribution in [2.45, 2.75) is 45.4 Å². The van der Waals surface area contributed by atoms with Gasteiger partial charge in [-0.3, -0.25) is 9.69 Å². The van der Waals surface area contributed by atoms with Gasteiger partial charge < -0.3 is 9.47 Å². The zero-order chi connectivity index (χ0) is 11.4. The number of morpholine rings is 1. The maximum absolute atomic E-state index is 11.2. The molecule has 0 saturated carbocycles. The van der Waals surface area contributed by atoms with Gasteiger partial charge in [0.2, 0.25) is 0 Å². The number of nitrogens with zero attached hydrogens (tertiary/aromatic N) is 1. The molecule has 0 spiro atoms. The van der Waals surface area contributed by atoms with Gasteiger partial charge in [0.25, 0.3) is 0 Å². The SMILES string of the molecule is COC(=O)CC(C)N1CC(C)OCC1C. The second-order valence-electron chi connectivity index (χ2n) is 4.32. The molecule has 0 amide bonds. The van der Waals surface area contributed by atoms with Crippen LogP contribution in [0.25, 0.3) is 0 Å². The normalized spacial score (nSPS) is 29.9. The summed E-state index contributed by atoms with van der Waals surface area (Å²) >= 11 is 0. The molecule has 3 unspecified atom stereocenters. The highest BCUT2D eigenvalue weighted by Gasteiger charge is 2.28. The van der Waals surface area contributed by atoms with E-state index in [0.717, 1.165) is 13.2 Å². The van der Waals surface area contributed by atoms with Crippen LogP contribution in [0.1, 0.15) is 27.2 Å². The second-order valence-corrected chi connectivity index (χ2v) is 4.32.